The molecule has 1 fully saturated rings. The molecule has 17 heavy (non-hydrogen) atoms. The molecule has 0 amide bonds. The van der Waals surface area contributed by atoms with Gasteiger partial charge < -0.3 is 5.32 Å². The van der Waals surface area contributed by atoms with E-state index in [2.05, 4.69) is 57.3 Å². The van der Waals surface area contributed by atoms with Crippen molar-refractivity contribution in [2.75, 3.05) is 0 Å². The molecule has 0 unspecified atom stereocenters. The Bertz CT molecular complexity index is 346. The van der Waals surface area contributed by atoms with E-state index >= 15 is 0 Å². The van der Waals surface area contributed by atoms with E-state index in [4.69, 9.17) is 0 Å². The molecule has 0 aliphatic heterocycles. The fourth-order valence-electron chi connectivity index (χ4n) is 2.65. The molecule has 1 N–H and O–H groups in total. The van der Waals surface area contributed by atoms with Gasteiger partial charge in [0, 0.05) is 12.1 Å². The summed E-state index contributed by atoms with van der Waals surface area (Å²) in [5.41, 5.74) is 2.74. The second-order valence-electron chi connectivity index (χ2n) is 5.97. The first-order valence-corrected chi connectivity index (χ1v) is 6.89. The number of rotatable bonds is 4. The molecular formula is C16H25N. The van der Waals surface area contributed by atoms with Gasteiger partial charge in [0.1, 0.15) is 0 Å². The van der Waals surface area contributed by atoms with Crippen LogP contribution in [0.2, 0.25) is 0 Å². The Kier molecular flexibility index (Phi) is 3.88. The van der Waals surface area contributed by atoms with Crippen molar-refractivity contribution in [3.05, 3.63) is 35.4 Å². The monoisotopic (exact) mass is 231 g/mol. The molecule has 94 valence electrons. The van der Waals surface area contributed by atoms with Crippen molar-refractivity contribution in [2.45, 2.75) is 52.6 Å². The third-order valence-corrected chi connectivity index (χ3v) is 4.18. The molecule has 1 heteroatoms. The summed E-state index contributed by atoms with van der Waals surface area (Å²) in [5, 5.41) is 3.74. The van der Waals surface area contributed by atoms with Gasteiger partial charge in [0.15, 0.2) is 0 Å². The van der Waals surface area contributed by atoms with E-state index in [9.17, 15) is 0 Å². The van der Waals surface area contributed by atoms with Gasteiger partial charge >= 0.3 is 0 Å². The van der Waals surface area contributed by atoms with Crippen LogP contribution in [0.1, 0.15) is 50.8 Å². The summed E-state index contributed by atoms with van der Waals surface area (Å²) in [5.74, 6) is 1.79. The predicted molar refractivity (Wildman–Crippen MR) is 74.1 cm³/mol. The summed E-state index contributed by atoms with van der Waals surface area (Å²) in [7, 11) is 0. The molecule has 1 nitrogen and oxygen atoms in total. The second kappa shape index (κ2) is 5.22. The molecule has 0 heterocycles. The zero-order valence-corrected chi connectivity index (χ0v) is 11.5. The summed E-state index contributed by atoms with van der Waals surface area (Å²) < 4.78 is 0. The molecule has 2 rings (SSSR count). The number of hydrogen-bond acceptors (Lipinski definition) is 1. The lowest BCUT2D eigenvalue weighted by Crippen LogP contribution is -2.43. The summed E-state index contributed by atoms with van der Waals surface area (Å²) in [6, 6.07) is 10.1. The Morgan fingerprint density at radius 1 is 1.06 bits per heavy atom. The molecule has 0 saturated heterocycles. The average Bonchev–Trinajstić information content (AvgIpc) is 2.23. The van der Waals surface area contributed by atoms with Gasteiger partial charge in [0.25, 0.3) is 0 Å². The number of aryl methyl sites for hydroxylation is 1. The minimum Gasteiger partial charge on any atom is -0.307 e. The van der Waals surface area contributed by atoms with Crippen molar-refractivity contribution in [1.82, 2.24) is 5.32 Å². The Balaban J connectivity index is 1.82. The van der Waals surface area contributed by atoms with Gasteiger partial charge in [-0.15, -0.1) is 0 Å². The maximum absolute atomic E-state index is 3.74. The normalized spacial score (nSPS) is 25.7. The first-order valence-electron chi connectivity index (χ1n) is 6.89. The molecule has 1 saturated carbocycles. The zero-order valence-electron chi connectivity index (χ0n) is 11.5. The average molecular weight is 231 g/mol. The van der Waals surface area contributed by atoms with Gasteiger partial charge in [-0.3, -0.25) is 0 Å². The first kappa shape index (κ1) is 12.6. The topological polar surface area (TPSA) is 12.0 Å². The Morgan fingerprint density at radius 3 is 2.18 bits per heavy atom. The van der Waals surface area contributed by atoms with Crippen molar-refractivity contribution in [3.63, 3.8) is 0 Å². The lowest BCUT2D eigenvalue weighted by atomic mass is 9.73. The fraction of sp³-hybridized carbons (Fsp3) is 0.625. The minimum absolute atomic E-state index is 0.480. The van der Waals surface area contributed by atoms with Crippen LogP contribution >= 0.6 is 0 Å². The molecule has 1 aromatic rings. The number of benzene rings is 1. The lowest BCUT2D eigenvalue weighted by molar-refractivity contribution is 0.159. The van der Waals surface area contributed by atoms with Crippen LogP contribution < -0.4 is 5.32 Å². The molecule has 1 aromatic carbocycles. The number of nitrogens with one attached hydrogen (secondary N) is 1. The summed E-state index contributed by atoms with van der Waals surface area (Å²) in [6.07, 6.45) is 2.71. The standard InChI is InChI=1S/C16H25N/c1-11(2)15-9-16(10-15)17-13(4)14-7-5-12(3)6-8-14/h5-8,11,13,15-17H,9-10H2,1-4H3/t13-,15?,16?/m0/s1. The SMILES string of the molecule is Cc1ccc([C@H](C)NC2CC(C(C)C)C2)cc1. The first-order chi connectivity index (χ1) is 8.06. The highest BCUT2D eigenvalue weighted by molar-refractivity contribution is 5.23. The van der Waals surface area contributed by atoms with Crippen LogP contribution in [0.25, 0.3) is 0 Å². The molecule has 0 spiro atoms. The van der Waals surface area contributed by atoms with Crippen molar-refractivity contribution in [1.29, 1.82) is 0 Å². The van der Waals surface area contributed by atoms with Crippen LogP contribution in [-0.2, 0) is 0 Å². The highest BCUT2D eigenvalue weighted by Gasteiger charge is 2.31. The van der Waals surface area contributed by atoms with E-state index < -0.39 is 0 Å². The van der Waals surface area contributed by atoms with Crippen LogP contribution in [0.5, 0.6) is 0 Å². The van der Waals surface area contributed by atoms with Gasteiger partial charge in [-0.25, -0.2) is 0 Å². The van der Waals surface area contributed by atoms with Crippen molar-refractivity contribution in [2.24, 2.45) is 11.8 Å². The van der Waals surface area contributed by atoms with Crippen LogP contribution in [0.3, 0.4) is 0 Å². The van der Waals surface area contributed by atoms with E-state index in [0.29, 0.717) is 6.04 Å². The highest BCUT2D eigenvalue weighted by atomic mass is 15.0. The van der Waals surface area contributed by atoms with Gasteiger partial charge in [-0.1, -0.05) is 43.7 Å². The fourth-order valence-corrected chi connectivity index (χ4v) is 2.65. The summed E-state index contributed by atoms with van der Waals surface area (Å²) in [6.45, 7) is 9.09. The van der Waals surface area contributed by atoms with Crippen molar-refractivity contribution < 1.29 is 0 Å². The van der Waals surface area contributed by atoms with Crippen molar-refractivity contribution >= 4 is 0 Å². The smallest absolute Gasteiger partial charge is 0.0294 e. The number of hydrogen-bond donors (Lipinski definition) is 1. The molecule has 1 aliphatic carbocycles. The zero-order chi connectivity index (χ0) is 12.4. The predicted octanol–water partition coefficient (Wildman–Crippen LogP) is 4.08. The van der Waals surface area contributed by atoms with Gasteiger partial charge in [-0.2, -0.15) is 0 Å². The minimum atomic E-state index is 0.480. The molecular weight excluding hydrogens is 206 g/mol. The third-order valence-electron chi connectivity index (χ3n) is 4.18. The van der Waals surface area contributed by atoms with E-state index in [0.717, 1.165) is 17.9 Å². The van der Waals surface area contributed by atoms with Gasteiger partial charge in [-0.05, 0) is 44.1 Å². The Hall–Kier alpha value is -0.820. The van der Waals surface area contributed by atoms with E-state index in [1.165, 1.54) is 24.0 Å². The molecule has 1 aliphatic rings. The summed E-state index contributed by atoms with van der Waals surface area (Å²) in [4.78, 5) is 0. The van der Waals surface area contributed by atoms with Crippen LogP contribution in [-0.4, -0.2) is 6.04 Å². The molecule has 0 radical (unpaired) electrons. The lowest BCUT2D eigenvalue weighted by Gasteiger charge is -2.40. The maximum atomic E-state index is 3.74. The quantitative estimate of drug-likeness (QED) is 0.823. The summed E-state index contributed by atoms with van der Waals surface area (Å²) >= 11 is 0. The van der Waals surface area contributed by atoms with Crippen LogP contribution in [0.15, 0.2) is 24.3 Å². The Labute approximate surface area is 106 Å². The third kappa shape index (κ3) is 3.10. The van der Waals surface area contributed by atoms with Crippen LogP contribution in [0.4, 0.5) is 0 Å². The molecule has 0 aromatic heterocycles. The Morgan fingerprint density at radius 2 is 1.65 bits per heavy atom. The van der Waals surface area contributed by atoms with Crippen molar-refractivity contribution in [3.8, 4) is 0 Å². The van der Waals surface area contributed by atoms with Crippen LogP contribution in [0, 0.1) is 18.8 Å². The van der Waals surface area contributed by atoms with E-state index in [1.807, 2.05) is 0 Å². The largest absolute Gasteiger partial charge is 0.307 e. The molecule has 1 atom stereocenters. The van der Waals surface area contributed by atoms with E-state index in [1.54, 1.807) is 0 Å². The van der Waals surface area contributed by atoms with E-state index in [-0.39, 0.29) is 0 Å². The second-order valence-corrected chi connectivity index (χ2v) is 5.97. The maximum Gasteiger partial charge on any atom is 0.0294 e. The highest BCUT2D eigenvalue weighted by Crippen LogP contribution is 2.34. The van der Waals surface area contributed by atoms with Gasteiger partial charge in [0.2, 0.25) is 0 Å². The molecule has 0 bridgehead atoms. The van der Waals surface area contributed by atoms with Gasteiger partial charge in [0.05, 0.1) is 0 Å².